The van der Waals surface area contributed by atoms with Crippen LogP contribution in [0, 0.1) is 26.0 Å². The number of hydrogen-bond donors (Lipinski definition) is 1. The molecule has 0 saturated carbocycles. The van der Waals surface area contributed by atoms with Crippen molar-refractivity contribution in [1.82, 2.24) is 0 Å². The van der Waals surface area contributed by atoms with Crippen LogP contribution in [0.5, 0.6) is 0 Å². The van der Waals surface area contributed by atoms with Gasteiger partial charge in [0.2, 0.25) is 0 Å². The fourth-order valence-electron chi connectivity index (χ4n) is 1.55. The predicted octanol–water partition coefficient (Wildman–Crippen LogP) is 3.32. The van der Waals surface area contributed by atoms with Gasteiger partial charge in [0.25, 0.3) is 5.69 Å². The Morgan fingerprint density at radius 2 is 1.95 bits per heavy atom. The molecule has 1 N–H and O–H groups in total. The maximum Gasteiger partial charge on any atom is 0.324 e. The van der Waals surface area contributed by atoms with E-state index in [4.69, 9.17) is 0 Å². The molecular formula is C11H8FN3O4S. The minimum absolute atomic E-state index is 0.00425. The largest absolute Gasteiger partial charge is 0.375 e. The van der Waals surface area contributed by atoms with Gasteiger partial charge in [-0.3, -0.25) is 20.2 Å². The van der Waals surface area contributed by atoms with Crippen molar-refractivity contribution in [2.24, 2.45) is 0 Å². The molecule has 0 aliphatic heterocycles. The summed E-state index contributed by atoms with van der Waals surface area (Å²) < 4.78 is 13.0. The van der Waals surface area contributed by atoms with E-state index in [0.29, 0.717) is 5.56 Å². The van der Waals surface area contributed by atoms with E-state index in [1.54, 1.807) is 5.38 Å². The summed E-state index contributed by atoms with van der Waals surface area (Å²) in [6.45, 7) is 0.177. The topological polar surface area (TPSA) is 98.3 Å². The van der Waals surface area contributed by atoms with Crippen LogP contribution in [0.1, 0.15) is 5.56 Å². The summed E-state index contributed by atoms with van der Waals surface area (Å²) in [6, 6.07) is 4.56. The molecule has 0 unspecified atom stereocenters. The third kappa shape index (κ3) is 3.06. The van der Waals surface area contributed by atoms with Gasteiger partial charge in [-0.2, -0.15) is 0 Å². The highest BCUT2D eigenvalue weighted by Crippen LogP contribution is 2.27. The van der Waals surface area contributed by atoms with Crippen molar-refractivity contribution in [3.8, 4) is 0 Å². The fraction of sp³-hybridized carbons (Fsp3) is 0.0909. The SMILES string of the molecule is O=[N+]([O-])c1cc(CNc2ccc(F)cc2[N+](=O)[O-])cs1. The second-order valence-corrected chi connectivity index (χ2v) is 4.71. The molecule has 0 fully saturated rings. The molecule has 0 bridgehead atoms. The summed E-state index contributed by atoms with van der Waals surface area (Å²) in [5, 5.41) is 25.7. The smallest absolute Gasteiger partial charge is 0.324 e. The van der Waals surface area contributed by atoms with Gasteiger partial charge in [0.1, 0.15) is 11.5 Å². The Balaban J connectivity index is 2.14. The van der Waals surface area contributed by atoms with E-state index < -0.39 is 15.7 Å². The minimum Gasteiger partial charge on any atom is -0.375 e. The van der Waals surface area contributed by atoms with E-state index in [-0.39, 0.29) is 22.9 Å². The summed E-state index contributed by atoms with van der Waals surface area (Å²) >= 11 is 0.973. The highest BCUT2D eigenvalue weighted by atomic mass is 32.1. The van der Waals surface area contributed by atoms with Gasteiger partial charge in [-0.1, -0.05) is 11.3 Å². The zero-order chi connectivity index (χ0) is 14.7. The van der Waals surface area contributed by atoms with Crippen molar-refractivity contribution in [3.63, 3.8) is 0 Å². The Morgan fingerprint density at radius 1 is 1.20 bits per heavy atom. The van der Waals surface area contributed by atoms with Crippen LogP contribution >= 0.6 is 11.3 Å². The van der Waals surface area contributed by atoms with Gasteiger partial charge in [0.15, 0.2) is 0 Å². The Bertz CT molecular complexity index is 673. The first kappa shape index (κ1) is 13.9. The summed E-state index contributed by atoms with van der Waals surface area (Å²) in [5.41, 5.74) is 0.403. The Labute approximate surface area is 116 Å². The molecule has 0 radical (unpaired) electrons. The molecule has 9 heteroatoms. The number of nitrogens with one attached hydrogen (secondary N) is 1. The molecule has 7 nitrogen and oxygen atoms in total. The first-order chi connectivity index (χ1) is 9.47. The molecule has 104 valence electrons. The lowest BCUT2D eigenvalue weighted by Gasteiger charge is -2.05. The van der Waals surface area contributed by atoms with Gasteiger partial charge in [0, 0.05) is 18.0 Å². The van der Waals surface area contributed by atoms with Crippen molar-refractivity contribution in [1.29, 1.82) is 0 Å². The van der Waals surface area contributed by atoms with E-state index in [1.807, 2.05) is 0 Å². The molecular weight excluding hydrogens is 289 g/mol. The monoisotopic (exact) mass is 297 g/mol. The molecule has 2 aromatic rings. The summed E-state index contributed by atoms with van der Waals surface area (Å²) in [6.07, 6.45) is 0. The molecule has 0 saturated heterocycles. The van der Waals surface area contributed by atoms with Crippen LogP contribution in [0.4, 0.5) is 20.8 Å². The number of thiophene rings is 1. The van der Waals surface area contributed by atoms with Gasteiger partial charge < -0.3 is 5.32 Å². The Kier molecular flexibility index (Phi) is 3.89. The molecule has 0 aliphatic carbocycles. The van der Waals surface area contributed by atoms with Gasteiger partial charge in [-0.15, -0.1) is 0 Å². The standard InChI is InChI=1S/C11H8FN3O4S/c12-8-1-2-9(10(4-8)14(16)17)13-5-7-3-11(15(18)19)20-6-7/h1-4,6,13H,5H2. The molecule has 1 aromatic carbocycles. The number of benzene rings is 1. The number of anilines is 1. The quantitative estimate of drug-likeness (QED) is 0.674. The number of rotatable bonds is 5. The molecule has 0 atom stereocenters. The maximum atomic E-state index is 13.0. The number of hydrogen-bond acceptors (Lipinski definition) is 6. The number of nitro benzene ring substituents is 1. The maximum absolute atomic E-state index is 13.0. The van der Waals surface area contributed by atoms with Crippen molar-refractivity contribution in [2.45, 2.75) is 6.54 Å². The van der Waals surface area contributed by atoms with Crippen LogP contribution in [0.25, 0.3) is 0 Å². The molecule has 1 heterocycles. The second kappa shape index (κ2) is 5.61. The zero-order valence-corrected chi connectivity index (χ0v) is 10.7. The summed E-state index contributed by atoms with van der Waals surface area (Å²) in [7, 11) is 0. The summed E-state index contributed by atoms with van der Waals surface area (Å²) in [5.74, 6) is -0.701. The van der Waals surface area contributed by atoms with Gasteiger partial charge in [-0.05, 0) is 17.7 Å². The van der Waals surface area contributed by atoms with Gasteiger partial charge in [0.05, 0.1) is 15.9 Å². The lowest BCUT2D eigenvalue weighted by Crippen LogP contribution is -2.02. The molecule has 0 amide bonds. The highest BCUT2D eigenvalue weighted by molar-refractivity contribution is 7.13. The van der Waals surface area contributed by atoms with E-state index in [1.165, 1.54) is 12.1 Å². The van der Waals surface area contributed by atoms with Crippen LogP contribution < -0.4 is 5.32 Å². The number of nitrogens with zero attached hydrogens (tertiary/aromatic N) is 2. The predicted molar refractivity (Wildman–Crippen MR) is 71.4 cm³/mol. The van der Waals surface area contributed by atoms with E-state index in [0.717, 1.165) is 23.5 Å². The zero-order valence-electron chi connectivity index (χ0n) is 9.91. The molecule has 2 rings (SSSR count). The van der Waals surface area contributed by atoms with E-state index in [9.17, 15) is 24.6 Å². The minimum atomic E-state index is -0.701. The Morgan fingerprint density at radius 3 is 2.55 bits per heavy atom. The van der Waals surface area contributed by atoms with Gasteiger partial charge in [-0.25, -0.2) is 4.39 Å². The second-order valence-electron chi connectivity index (χ2n) is 3.82. The summed E-state index contributed by atoms with van der Waals surface area (Å²) in [4.78, 5) is 20.1. The fourth-order valence-corrected chi connectivity index (χ4v) is 2.28. The van der Waals surface area contributed by atoms with E-state index in [2.05, 4.69) is 5.32 Å². The normalized spacial score (nSPS) is 10.2. The van der Waals surface area contributed by atoms with E-state index >= 15 is 0 Å². The van der Waals surface area contributed by atoms with Crippen molar-refractivity contribution in [3.05, 3.63) is 61.3 Å². The van der Waals surface area contributed by atoms with Crippen LogP contribution in [0.3, 0.4) is 0 Å². The third-order valence-corrected chi connectivity index (χ3v) is 3.39. The van der Waals surface area contributed by atoms with Crippen LogP contribution in [0.15, 0.2) is 29.6 Å². The lowest BCUT2D eigenvalue weighted by atomic mass is 10.2. The first-order valence-corrected chi connectivity index (χ1v) is 6.25. The molecule has 20 heavy (non-hydrogen) atoms. The average molecular weight is 297 g/mol. The molecule has 1 aromatic heterocycles. The van der Waals surface area contributed by atoms with Crippen LogP contribution in [-0.4, -0.2) is 9.85 Å². The first-order valence-electron chi connectivity index (χ1n) is 5.37. The van der Waals surface area contributed by atoms with Crippen LogP contribution in [0.2, 0.25) is 0 Å². The highest BCUT2D eigenvalue weighted by Gasteiger charge is 2.15. The average Bonchev–Trinajstić information content (AvgIpc) is 2.86. The third-order valence-electron chi connectivity index (χ3n) is 2.46. The number of halogens is 1. The van der Waals surface area contributed by atoms with Crippen LogP contribution in [-0.2, 0) is 6.54 Å². The van der Waals surface area contributed by atoms with Crippen molar-refractivity contribution in [2.75, 3.05) is 5.32 Å². The lowest BCUT2D eigenvalue weighted by molar-refractivity contribution is -0.384. The van der Waals surface area contributed by atoms with Crippen molar-refractivity contribution >= 4 is 27.7 Å². The molecule has 0 spiro atoms. The molecule has 0 aliphatic rings. The van der Waals surface area contributed by atoms with Crippen molar-refractivity contribution < 1.29 is 14.2 Å². The Hall–Kier alpha value is -2.55. The van der Waals surface area contributed by atoms with Gasteiger partial charge >= 0.3 is 5.00 Å². The number of nitro groups is 2.